The summed E-state index contributed by atoms with van der Waals surface area (Å²) in [6.45, 7) is 3.25. The summed E-state index contributed by atoms with van der Waals surface area (Å²) < 4.78 is 13.8. The van der Waals surface area contributed by atoms with E-state index in [1.54, 1.807) is 0 Å². The highest BCUT2D eigenvalue weighted by Gasteiger charge is 2.49. The molecule has 0 spiro atoms. The van der Waals surface area contributed by atoms with E-state index in [0.29, 0.717) is 24.8 Å². The first kappa shape index (κ1) is 26.3. The molecule has 1 saturated heterocycles. The number of rotatable bonds is 8. The lowest BCUT2D eigenvalue weighted by atomic mass is 9.88. The number of piperazine rings is 1. The van der Waals surface area contributed by atoms with Crippen LogP contribution in [0.25, 0.3) is 0 Å². The number of carbonyl (C=O) groups excluding carboxylic acids is 3. The van der Waals surface area contributed by atoms with Crippen molar-refractivity contribution in [3.63, 3.8) is 0 Å². The maximum Gasteiger partial charge on any atom is 0.323 e. The first-order valence-corrected chi connectivity index (χ1v) is 12.5. The highest BCUT2D eigenvalue weighted by atomic mass is 19.1. The molecule has 2 aliphatic rings. The normalized spacial score (nSPS) is 20.5. The Balaban J connectivity index is 1.76. The molecule has 2 N–H and O–H groups in total. The summed E-state index contributed by atoms with van der Waals surface area (Å²) in [5, 5.41) is 12.2. The number of carbonyl (C=O) groups is 4. The molecule has 0 aromatic heterocycles. The number of benzene rings is 2. The number of amides is 3. The summed E-state index contributed by atoms with van der Waals surface area (Å²) in [6.07, 6.45) is 1.54. The van der Waals surface area contributed by atoms with E-state index in [9.17, 15) is 28.7 Å². The lowest BCUT2D eigenvalue weighted by Gasteiger charge is -2.45. The van der Waals surface area contributed by atoms with Crippen LogP contribution < -0.4 is 5.32 Å². The first-order valence-electron chi connectivity index (χ1n) is 12.5. The molecule has 1 heterocycles. The second-order valence-corrected chi connectivity index (χ2v) is 10.4. The quantitative estimate of drug-likeness (QED) is 0.569. The maximum absolute atomic E-state index is 14.2. The predicted molar refractivity (Wildman–Crippen MR) is 134 cm³/mol. The molecule has 2 aromatic carbocycles. The SMILES string of the molecule is CC(C)CC1C(=O)NC(C2Cc3ccccc3C2)C(=O)N1C(C(=O)N(C)CC(=O)O)c1ccc(F)cc1. The third kappa shape index (κ3) is 5.50. The number of carboxylic acids is 1. The fourth-order valence-corrected chi connectivity index (χ4v) is 5.43. The van der Waals surface area contributed by atoms with Crippen LogP contribution >= 0.6 is 0 Å². The van der Waals surface area contributed by atoms with Crippen LogP contribution in [0, 0.1) is 17.7 Å². The van der Waals surface area contributed by atoms with Gasteiger partial charge in [-0.2, -0.15) is 0 Å². The van der Waals surface area contributed by atoms with Gasteiger partial charge >= 0.3 is 5.97 Å². The van der Waals surface area contributed by atoms with E-state index in [2.05, 4.69) is 5.32 Å². The van der Waals surface area contributed by atoms with Gasteiger partial charge in [0.2, 0.25) is 17.7 Å². The summed E-state index contributed by atoms with van der Waals surface area (Å²) in [4.78, 5) is 55.1. The molecule has 2 aromatic rings. The molecule has 0 bridgehead atoms. The van der Waals surface area contributed by atoms with Gasteiger partial charge in [-0.05, 0) is 59.9 Å². The minimum atomic E-state index is -1.28. The molecule has 0 radical (unpaired) electrons. The molecular weight excluding hydrogens is 477 g/mol. The van der Waals surface area contributed by atoms with Crippen molar-refractivity contribution in [2.75, 3.05) is 13.6 Å². The molecular formula is C28H32FN3O5. The van der Waals surface area contributed by atoms with E-state index < -0.39 is 48.3 Å². The van der Waals surface area contributed by atoms with Crippen LogP contribution in [0.1, 0.15) is 43.0 Å². The van der Waals surface area contributed by atoms with Gasteiger partial charge in [0.25, 0.3) is 0 Å². The van der Waals surface area contributed by atoms with Gasteiger partial charge in [-0.3, -0.25) is 19.2 Å². The number of fused-ring (bicyclic) bond motifs is 1. The average molecular weight is 510 g/mol. The molecule has 9 heteroatoms. The van der Waals surface area contributed by atoms with Crippen LogP contribution in [0.15, 0.2) is 48.5 Å². The Kier molecular flexibility index (Phi) is 7.61. The molecule has 1 aliphatic carbocycles. The van der Waals surface area contributed by atoms with Crippen molar-refractivity contribution in [1.29, 1.82) is 0 Å². The van der Waals surface area contributed by atoms with Crippen molar-refractivity contribution in [1.82, 2.24) is 15.1 Å². The van der Waals surface area contributed by atoms with Crippen molar-refractivity contribution in [3.8, 4) is 0 Å². The summed E-state index contributed by atoms with van der Waals surface area (Å²) in [5.74, 6) is -3.28. The first-order chi connectivity index (χ1) is 17.6. The zero-order valence-electron chi connectivity index (χ0n) is 21.2. The number of hydrogen-bond donors (Lipinski definition) is 2. The third-order valence-electron chi connectivity index (χ3n) is 7.15. The van der Waals surface area contributed by atoms with Gasteiger partial charge in [-0.15, -0.1) is 0 Å². The molecule has 4 rings (SSSR count). The van der Waals surface area contributed by atoms with E-state index in [1.807, 2.05) is 38.1 Å². The predicted octanol–water partition coefficient (Wildman–Crippen LogP) is 2.57. The third-order valence-corrected chi connectivity index (χ3v) is 7.15. The molecule has 8 nitrogen and oxygen atoms in total. The summed E-state index contributed by atoms with van der Waals surface area (Å²) >= 11 is 0. The number of halogens is 1. The number of nitrogens with zero attached hydrogens (tertiary/aromatic N) is 2. The minimum absolute atomic E-state index is 0.0269. The Bertz CT molecular complexity index is 1170. The second-order valence-electron chi connectivity index (χ2n) is 10.4. The number of hydrogen-bond acceptors (Lipinski definition) is 4. The van der Waals surface area contributed by atoms with Crippen LogP contribution in [0.5, 0.6) is 0 Å². The second kappa shape index (κ2) is 10.7. The lowest BCUT2D eigenvalue weighted by molar-refractivity contribution is -0.160. The minimum Gasteiger partial charge on any atom is -0.480 e. The van der Waals surface area contributed by atoms with Gasteiger partial charge in [-0.1, -0.05) is 50.2 Å². The Morgan fingerprint density at radius 2 is 1.68 bits per heavy atom. The fraction of sp³-hybridized carbons (Fsp3) is 0.429. The van der Waals surface area contributed by atoms with Gasteiger partial charge in [-0.25, -0.2) is 4.39 Å². The van der Waals surface area contributed by atoms with E-state index in [1.165, 1.54) is 36.2 Å². The Morgan fingerprint density at radius 3 is 2.22 bits per heavy atom. The lowest BCUT2D eigenvalue weighted by Crippen LogP contribution is -2.67. The van der Waals surface area contributed by atoms with E-state index in [0.717, 1.165) is 16.0 Å². The molecule has 3 amide bonds. The molecule has 37 heavy (non-hydrogen) atoms. The van der Waals surface area contributed by atoms with Gasteiger partial charge < -0.3 is 20.2 Å². The van der Waals surface area contributed by atoms with Crippen LogP contribution in [0.2, 0.25) is 0 Å². The van der Waals surface area contributed by atoms with Gasteiger partial charge in [0.1, 0.15) is 30.5 Å². The zero-order chi connectivity index (χ0) is 26.9. The highest BCUT2D eigenvalue weighted by molar-refractivity contribution is 6.00. The Morgan fingerprint density at radius 1 is 1.08 bits per heavy atom. The van der Waals surface area contributed by atoms with Crippen LogP contribution in [-0.4, -0.2) is 64.3 Å². The van der Waals surface area contributed by atoms with Crippen molar-refractivity contribution in [2.45, 2.75) is 51.2 Å². The van der Waals surface area contributed by atoms with Crippen molar-refractivity contribution in [3.05, 3.63) is 71.0 Å². The number of likely N-dealkylation sites (N-methyl/N-ethyl adjacent to an activating group) is 1. The molecule has 1 aliphatic heterocycles. The fourth-order valence-electron chi connectivity index (χ4n) is 5.43. The summed E-state index contributed by atoms with van der Waals surface area (Å²) in [7, 11) is 1.34. The largest absolute Gasteiger partial charge is 0.480 e. The monoisotopic (exact) mass is 509 g/mol. The zero-order valence-corrected chi connectivity index (χ0v) is 21.2. The van der Waals surface area contributed by atoms with Gasteiger partial charge in [0.05, 0.1) is 0 Å². The van der Waals surface area contributed by atoms with Gasteiger partial charge in [0, 0.05) is 7.05 Å². The van der Waals surface area contributed by atoms with E-state index in [-0.39, 0.29) is 17.7 Å². The standard InChI is InChI=1S/C28H32FN3O5/c1-16(2)12-22-26(35)30-24(20-13-18-6-4-5-7-19(18)14-20)27(36)32(22)25(17-8-10-21(29)11-9-17)28(37)31(3)15-23(33)34/h4-11,16,20,22,24-25H,12-15H2,1-3H3,(H,30,35)(H,33,34). The van der Waals surface area contributed by atoms with E-state index in [4.69, 9.17) is 0 Å². The molecule has 1 fully saturated rings. The number of aliphatic carboxylic acids is 1. The average Bonchev–Trinajstić information content (AvgIpc) is 3.27. The van der Waals surface area contributed by atoms with Crippen LogP contribution in [0.3, 0.4) is 0 Å². The maximum atomic E-state index is 14.2. The molecule has 3 unspecified atom stereocenters. The smallest absolute Gasteiger partial charge is 0.323 e. The van der Waals surface area contributed by atoms with Crippen molar-refractivity contribution < 1.29 is 28.7 Å². The van der Waals surface area contributed by atoms with Crippen molar-refractivity contribution >= 4 is 23.7 Å². The summed E-state index contributed by atoms with van der Waals surface area (Å²) in [5.41, 5.74) is 2.56. The van der Waals surface area contributed by atoms with Crippen LogP contribution in [0.4, 0.5) is 4.39 Å². The number of nitrogens with one attached hydrogen (secondary N) is 1. The van der Waals surface area contributed by atoms with Gasteiger partial charge in [0.15, 0.2) is 0 Å². The summed E-state index contributed by atoms with van der Waals surface area (Å²) in [6, 6.07) is 10.0. The van der Waals surface area contributed by atoms with E-state index >= 15 is 0 Å². The Labute approximate surface area is 215 Å². The van der Waals surface area contributed by atoms with Crippen LogP contribution in [-0.2, 0) is 32.0 Å². The molecule has 3 atom stereocenters. The topological polar surface area (TPSA) is 107 Å². The highest BCUT2D eigenvalue weighted by Crippen LogP contribution is 2.36. The molecule has 196 valence electrons. The molecule has 0 saturated carbocycles. The van der Waals surface area contributed by atoms with Crippen molar-refractivity contribution in [2.24, 2.45) is 11.8 Å². The Hall–Kier alpha value is -3.75. The number of carboxylic acid groups (broad SMARTS) is 1.